The van der Waals surface area contributed by atoms with Crippen molar-refractivity contribution in [1.82, 2.24) is 4.90 Å². The zero-order valence-corrected chi connectivity index (χ0v) is 20.1. The fourth-order valence-corrected chi connectivity index (χ4v) is 5.72. The number of nitrogens with zero attached hydrogens (tertiary/aromatic N) is 2. The molecule has 7 heteroatoms. The van der Waals surface area contributed by atoms with Crippen molar-refractivity contribution in [2.24, 2.45) is 17.8 Å². The van der Waals surface area contributed by atoms with E-state index in [9.17, 15) is 19.2 Å². The molecule has 3 aliphatic rings. The largest absolute Gasteiger partial charge is 0.426 e. The molecular formula is C28H30N2O5. The van der Waals surface area contributed by atoms with Crippen molar-refractivity contribution in [1.29, 1.82) is 0 Å². The van der Waals surface area contributed by atoms with Crippen molar-refractivity contribution < 1.29 is 23.9 Å². The van der Waals surface area contributed by atoms with Gasteiger partial charge in [0.25, 0.3) is 0 Å². The molecule has 5 rings (SSSR count). The van der Waals surface area contributed by atoms with Crippen LogP contribution in [-0.2, 0) is 19.2 Å². The second-order valence-corrected chi connectivity index (χ2v) is 9.91. The monoisotopic (exact) mass is 474 g/mol. The third kappa shape index (κ3) is 4.24. The molecule has 2 aliphatic heterocycles. The highest BCUT2D eigenvalue weighted by Crippen LogP contribution is 2.41. The van der Waals surface area contributed by atoms with Crippen LogP contribution in [0.1, 0.15) is 56.2 Å². The van der Waals surface area contributed by atoms with Gasteiger partial charge in [0.05, 0.1) is 29.5 Å². The Bertz CT molecular complexity index is 1150. The molecule has 1 aliphatic carbocycles. The number of ether oxygens (including phenoxy) is 1. The van der Waals surface area contributed by atoms with E-state index in [0.29, 0.717) is 23.5 Å². The molecule has 0 radical (unpaired) electrons. The van der Waals surface area contributed by atoms with Crippen molar-refractivity contribution in [3.63, 3.8) is 0 Å². The van der Waals surface area contributed by atoms with Gasteiger partial charge in [-0.15, -0.1) is 0 Å². The molecule has 4 atom stereocenters. The Labute approximate surface area is 205 Å². The lowest BCUT2D eigenvalue weighted by Crippen LogP contribution is -2.31. The van der Waals surface area contributed by atoms with E-state index in [2.05, 4.69) is 0 Å². The fourth-order valence-electron chi connectivity index (χ4n) is 5.72. The van der Waals surface area contributed by atoms with Gasteiger partial charge < -0.3 is 9.64 Å². The van der Waals surface area contributed by atoms with Crippen molar-refractivity contribution in [2.45, 2.75) is 52.0 Å². The maximum absolute atomic E-state index is 12.9. The van der Waals surface area contributed by atoms with Gasteiger partial charge in [-0.2, -0.15) is 0 Å². The first-order valence-electron chi connectivity index (χ1n) is 12.4. The number of carbonyl (C=O) groups excluding carboxylic acids is 4. The van der Waals surface area contributed by atoms with E-state index in [1.54, 1.807) is 30.0 Å². The van der Waals surface area contributed by atoms with Crippen LogP contribution < -0.4 is 9.64 Å². The highest BCUT2D eigenvalue weighted by molar-refractivity contribution is 6.22. The molecule has 2 heterocycles. The fraction of sp³-hybridized carbons (Fsp3) is 0.429. The van der Waals surface area contributed by atoms with E-state index < -0.39 is 11.9 Å². The number of aryl methyl sites for hydroxylation is 1. The molecular weight excluding hydrogens is 444 g/mol. The minimum Gasteiger partial charge on any atom is -0.426 e. The number of amides is 3. The van der Waals surface area contributed by atoms with Crippen LogP contribution in [0.5, 0.6) is 5.75 Å². The van der Waals surface area contributed by atoms with Gasteiger partial charge in [-0.05, 0) is 56.0 Å². The molecule has 35 heavy (non-hydrogen) atoms. The van der Waals surface area contributed by atoms with Crippen molar-refractivity contribution in [2.75, 3.05) is 11.4 Å². The second-order valence-electron chi connectivity index (χ2n) is 9.91. The highest BCUT2D eigenvalue weighted by Gasteiger charge is 2.49. The summed E-state index contributed by atoms with van der Waals surface area (Å²) in [5.74, 6) is -1.39. The summed E-state index contributed by atoms with van der Waals surface area (Å²) in [4.78, 5) is 54.4. The number of benzene rings is 2. The summed E-state index contributed by atoms with van der Waals surface area (Å²) in [6, 6.07) is 14.6. The zero-order valence-electron chi connectivity index (χ0n) is 20.1. The minimum absolute atomic E-state index is 0.0673. The number of rotatable bonds is 5. The van der Waals surface area contributed by atoms with Crippen LogP contribution in [-0.4, -0.2) is 35.1 Å². The third-order valence-corrected chi connectivity index (χ3v) is 7.71. The summed E-state index contributed by atoms with van der Waals surface area (Å²) in [6.07, 6.45) is 3.61. The number of esters is 1. The Balaban J connectivity index is 1.26. The van der Waals surface area contributed by atoms with Crippen LogP contribution in [0.4, 0.5) is 5.69 Å². The minimum atomic E-state index is -0.543. The Hall–Kier alpha value is -3.48. The van der Waals surface area contributed by atoms with Crippen molar-refractivity contribution in [3.8, 4) is 5.75 Å². The molecule has 0 N–H and O–H groups in total. The SMILES string of the molecule is Cc1cc(OC(=O)[C@@H]2CC(=O)N([C@H](C)c3ccccc3)C2)ccc1N1C(=O)[C@H]2CCCC[C@H]2C1=O. The summed E-state index contributed by atoms with van der Waals surface area (Å²) >= 11 is 0. The van der Waals surface area contributed by atoms with Crippen LogP contribution >= 0.6 is 0 Å². The lowest BCUT2D eigenvalue weighted by Gasteiger charge is -2.25. The molecule has 0 spiro atoms. The summed E-state index contributed by atoms with van der Waals surface area (Å²) in [5, 5.41) is 0. The second kappa shape index (κ2) is 9.29. The van der Waals surface area contributed by atoms with E-state index in [4.69, 9.17) is 4.74 Å². The molecule has 1 saturated carbocycles. The first-order valence-corrected chi connectivity index (χ1v) is 12.4. The smallest absolute Gasteiger partial charge is 0.316 e. The molecule has 0 unspecified atom stereocenters. The van der Waals surface area contributed by atoms with E-state index in [0.717, 1.165) is 31.2 Å². The number of anilines is 1. The number of fused-ring (bicyclic) bond motifs is 1. The third-order valence-electron chi connectivity index (χ3n) is 7.71. The Morgan fingerprint density at radius 2 is 1.63 bits per heavy atom. The van der Waals surface area contributed by atoms with Crippen molar-refractivity contribution in [3.05, 3.63) is 59.7 Å². The van der Waals surface area contributed by atoms with Crippen LogP contribution in [0, 0.1) is 24.7 Å². The lowest BCUT2D eigenvalue weighted by atomic mass is 9.81. The maximum Gasteiger partial charge on any atom is 0.316 e. The van der Waals surface area contributed by atoms with Gasteiger partial charge in [0.15, 0.2) is 0 Å². The predicted octanol–water partition coefficient (Wildman–Crippen LogP) is 4.19. The first kappa shape index (κ1) is 23.3. The van der Waals surface area contributed by atoms with Gasteiger partial charge in [0.1, 0.15) is 5.75 Å². The molecule has 2 aromatic carbocycles. The average Bonchev–Trinajstić information content (AvgIpc) is 3.37. The van der Waals surface area contributed by atoms with Crippen LogP contribution in [0.2, 0.25) is 0 Å². The Morgan fingerprint density at radius 3 is 2.26 bits per heavy atom. The quantitative estimate of drug-likeness (QED) is 0.369. The van der Waals surface area contributed by atoms with Gasteiger partial charge >= 0.3 is 5.97 Å². The molecule has 0 bridgehead atoms. The van der Waals surface area contributed by atoms with Crippen molar-refractivity contribution >= 4 is 29.4 Å². The number of likely N-dealkylation sites (tertiary alicyclic amines) is 1. The molecule has 3 fully saturated rings. The zero-order chi connectivity index (χ0) is 24.7. The van der Waals surface area contributed by atoms with Crippen LogP contribution in [0.15, 0.2) is 48.5 Å². The normalized spacial score (nSPS) is 25.1. The van der Waals surface area contributed by atoms with Gasteiger partial charge in [-0.1, -0.05) is 43.2 Å². The Kier molecular flexibility index (Phi) is 6.17. The highest BCUT2D eigenvalue weighted by atomic mass is 16.5. The number of imide groups is 1. The first-order chi connectivity index (χ1) is 16.8. The molecule has 2 aromatic rings. The van der Waals surface area contributed by atoms with Gasteiger partial charge in [-0.3, -0.25) is 19.2 Å². The van der Waals surface area contributed by atoms with E-state index in [1.165, 1.54) is 4.90 Å². The summed E-state index contributed by atoms with van der Waals surface area (Å²) in [7, 11) is 0. The van der Waals surface area contributed by atoms with E-state index in [1.807, 2.05) is 37.3 Å². The number of hydrogen-bond donors (Lipinski definition) is 0. The van der Waals surface area contributed by atoms with Crippen LogP contribution in [0.3, 0.4) is 0 Å². The number of carbonyl (C=O) groups is 4. The van der Waals surface area contributed by atoms with E-state index >= 15 is 0 Å². The maximum atomic E-state index is 12.9. The summed E-state index contributed by atoms with van der Waals surface area (Å²) in [6.45, 7) is 4.07. The van der Waals surface area contributed by atoms with Crippen LogP contribution in [0.25, 0.3) is 0 Å². The lowest BCUT2D eigenvalue weighted by molar-refractivity contribution is -0.139. The topological polar surface area (TPSA) is 84.0 Å². The number of hydrogen-bond acceptors (Lipinski definition) is 5. The van der Waals surface area contributed by atoms with Gasteiger partial charge in [0, 0.05) is 13.0 Å². The average molecular weight is 475 g/mol. The molecule has 7 nitrogen and oxygen atoms in total. The molecule has 0 aromatic heterocycles. The van der Waals surface area contributed by atoms with Gasteiger partial charge in [-0.25, -0.2) is 4.90 Å². The van der Waals surface area contributed by atoms with Gasteiger partial charge in [0.2, 0.25) is 17.7 Å². The standard InChI is InChI=1S/C28H30N2O5/c1-17-14-21(12-13-24(17)30-26(32)22-10-6-7-11-23(22)27(30)33)35-28(34)20-15-25(31)29(16-20)18(2)19-8-4-3-5-9-19/h3-5,8-9,12-14,18,20,22-23H,6-7,10-11,15-16H2,1-2H3/t18-,20-,22-,23+/m1/s1. The van der Waals surface area contributed by atoms with E-state index in [-0.39, 0.29) is 42.0 Å². The Morgan fingerprint density at radius 1 is 0.971 bits per heavy atom. The summed E-state index contributed by atoms with van der Waals surface area (Å²) in [5.41, 5.74) is 2.26. The molecule has 182 valence electrons. The molecule has 2 saturated heterocycles. The summed E-state index contributed by atoms with van der Waals surface area (Å²) < 4.78 is 5.62. The predicted molar refractivity (Wildman–Crippen MR) is 129 cm³/mol. The molecule has 3 amide bonds.